The van der Waals surface area contributed by atoms with Gasteiger partial charge in [0, 0.05) is 27.6 Å². The van der Waals surface area contributed by atoms with E-state index in [1.165, 1.54) is 6.33 Å². The topological polar surface area (TPSA) is 106 Å². The van der Waals surface area contributed by atoms with Crippen molar-refractivity contribution in [3.63, 3.8) is 0 Å². The Bertz CT molecular complexity index is 1420. The van der Waals surface area contributed by atoms with Gasteiger partial charge in [0.25, 0.3) is 0 Å². The van der Waals surface area contributed by atoms with Crippen molar-refractivity contribution in [3.8, 4) is 16.3 Å². The summed E-state index contributed by atoms with van der Waals surface area (Å²) in [5.41, 5.74) is 5.33. The van der Waals surface area contributed by atoms with E-state index in [1.807, 2.05) is 35.8 Å². The molecule has 0 amide bonds. The van der Waals surface area contributed by atoms with Crippen LogP contribution in [0.25, 0.3) is 16.3 Å². The highest BCUT2D eigenvalue weighted by Gasteiger charge is 2.32. The fraction of sp³-hybridized carbons (Fsp3) is 0.217. The Labute approximate surface area is 198 Å². The van der Waals surface area contributed by atoms with Gasteiger partial charge in [0.2, 0.25) is 0 Å². The lowest BCUT2D eigenvalue weighted by atomic mass is 9.98. The minimum absolute atomic E-state index is 0.174. The molecule has 1 aromatic carbocycles. The number of hydrogen-bond donors (Lipinski definition) is 1. The molecule has 3 aromatic heterocycles. The zero-order valence-electron chi connectivity index (χ0n) is 18.1. The molecule has 0 unspecified atom stereocenters. The zero-order valence-corrected chi connectivity index (χ0v) is 19.6. The minimum Gasteiger partial charge on any atom is -0.481 e. The molecule has 0 aliphatic carbocycles. The number of carbonyl (C=O) groups is 1. The number of nitrogens with zero attached hydrogens (tertiary/aromatic N) is 6. The fourth-order valence-corrected chi connectivity index (χ4v) is 5.34. The van der Waals surface area contributed by atoms with E-state index in [-0.39, 0.29) is 6.42 Å². The molecule has 8 nitrogen and oxygen atoms in total. The third kappa shape index (κ3) is 3.73. The standard InChI is InChI=1S/C23H19ClN6O2S/c1-11-12(2)33-23-20(11)21(27-17(9-19(31)32)22-29-28-13(3)30(22)23)15-6-4-14(5-7-15)16-8-18(24)26-10-25-16/h4-8,10,17H,9H2,1-3H3,(H,31,32)/t17-/m0/s1. The molecule has 10 heteroatoms. The van der Waals surface area contributed by atoms with Crippen LogP contribution in [0.1, 0.15) is 45.7 Å². The summed E-state index contributed by atoms with van der Waals surface area (Å²) in [6.07, 6.45) is 1.26. The normalized spacial score (nSPS) is 14.9. The number of rotatable bonds is 4. The van der Waals surface area contributed by atoms with Crippen LogP contribution in [0.4, 0.5) is 0 Å². The van der Waals surface area contributed by atoms with Crippen molar-refractivity contribution in [1.29, 1.82) is 0 Å². The molecule has 0 saturated carbocycles. The molecule has 1 aliphatic heterocycles. The van der Waals surface area contributed by atoms with Gasteiger partial charge in [0.15, 0.2) is 5.82 Å². The summed E-state index contributed by atoms with van der Waals surface area (Å²) >= 11 is 7.65. The fourth-order valence-electron chi connectivity index (χ4n) is 3.98. The molecule has 0 saturated heterocycles. The van der Waals surface area contributed by atoms with E-state index in [1.54, 1.807) is 17.4 Å². The van der Waals surface area contributed by atoms with Crippen LogP contribution in [-0.2, 0) is 4.79 Å². The van der Waals surface area contributed by atoms with E-state index >= 15 is 0 Å². The summed E-state index contributed by atoms with van der Waals surface area (Å²) in [5.74, 6) is 0.305. The first-order valence-corrected chi connectivity index (χ1v) is 11.4. The summed E-state index contributed by atoms with van der Waals surface area (Å²) in [7, 11) is 0. The molecule has 1 aliphatic rings. The predicted molar refractivity (Wildman–Crippen MR) is 127 cm³/mol. The monoisotopic (exact) mass is 478 g/mol. The van der Waals surface area contributed by atoms with Crippen LogP contribution >= 0.6 is 22.9 Å². The average Bonchev–Trinajstić information content (AvgIpc) is 3.26. The lowest BCUT2D eigenvalue weighted by Gasteiger charge is -2.11. The number of carboxylic acids is 1. The summed E-state index contributed by atoms with van der Waals surface area (Å²) < 4.78 is 1.95. The van der Waals surface area contributed by atoms with Crippen LogP contribution in [0, 0.1) is 20.8 Å². The number of hydrogen-bond acceptors (Lipinski definition) is 7. The van der Waals surface area contributed by atoms with Gasteiger partial charge in [-0.3, -0.25) is 14.4 Å². The first-order chi connectivity index (χ1) is 15.8. The van der Waals surface area contributed by atoms with Crippen molar-refractivity contribution in [3.05, 3.63) is 75.0 Å². The Kier molecular flexibility index (Phi) is 5.30. The maximum absolute atomic E-state index is 11.7. The van der Waals surface area contributed by atoms with Crippen LogP contribution in [0.2, 0.25) is 5.15 Å². The molecule has 0 spiro atoms. The molecule has 4 heterocycles. The Morgan fingerprint density at radius 2 is 1.85 bits per heavy atom. The number of aromatic nitrogens is 5. The first kappa shape index (κ1) is 21.4. The van der Waals surface area contributed by atoms with Gasteiger partial charge in [-0.15, -0.1) is 21.5 Å². The van der Waals surface area contributed by atoms with E-state index in [2.05, 4.69) is 34.0 Å². The van der Waals surface area contributed by atoms with Crippen molar-refractivity contribution < 1.29 is 9.90 Å². The second-order valence-electron chi connectivity index (χ2n) is 7.80. The number of aliphatic carboxylic acids is 1. The summed E-state index contributed by atoms with van der Waals surface area (Å²) in [6, 6.07) is 8.90. The van der Waals surface area contributed by atoms with E-state index in [9.17, 15) is 9.90 Å². The number of benzene rings is 1. The largest absolute Gasteiger partial charge is 0.481 e. The molecule has 1 atom stereocenters. The van der Waals surface area contributed by atoms with Gasteiger partial charge in [0.1, 0.15) is 28.3 Å². The van der Waals surface area contributed by atoms with Gasteiger partial charge >= 0.3 is 5.97 Å². The number of carboxylic acid groups (broad SMARTS) is 1. The highest BCUT2D eigenvalue weighted by Crippen LogP contribution is 2.39. The van der Waals surface area contributed by atoms with E-state index in [4.69, 9.17) is 16.6 Å². The Hall–Kier alpha value is -3.43. The molecule has 33 heavy (non-hydrogen) atoms. The van der Waals surface area contributed by atoms with Crippen molar-refractivity contribution in [2.24, 2.45) is 4.99 Å². The van der Waals surface area contributed by atoms with Crippen LogP contribution in [0.15, 0.2) is 41.7 Å². The Balaban J connectivity index is 1.69. The lowest BCUT2D eigenvalue weighted by molar-refractivity contribution is -0.137. The van der Waals surface area contributed by atoms with E-state index in [0.29, 0.717) is 16.8 Å². The maximum Gasteiger partial charge on any atom is 0.306 e. The summed E-state index contributed by atoms with van der Waals surface area (Å²) in [6.45, 7) is 6.01. The van der Waals surface area contributed by atoms with Crippen LogP contribution < -0.4 is 0 Å². The smallest absolute Gasteiger partial charge is 0.306 e. The van der Waals surface area contributed by atoms with Crippen molar-refractivity contribution >= 4 is 34.6 Å². The van der Waals surface area contributed by atoms with Gasteiger partial charge in [-0.25, -0.2) is 9.97 Å². The number of thiophene rings is 1. The van der Waals surface area contributed by atoms with Crippen molar-refractivity contribution in [2.75, 3.05) is 0 Å². The van der Waals surface area contributed by atoms with Crippen molar-refractivity contribution in [2.45, 2.75) is 33.2 Å². The minimum atomic E-state index is -0.940. The highest BCUT2D eigenvalue weighted by atomic mass is 35.5. The summed E-state index contributed by atoms with van der Waals surface area (Å²) in [5, 5.41) is 19.4. The van der Waals surface area contributed by atoms with E-state index in [0.717, 1.165) is 43.5 Å². The van der Waals surface area contributed by atoms with Gasteiger partial charge in [-0.1, -0.05) is 35.9 Å². The lowest BCUT2D eigenvalue weighted by Crippen LogP contribution is -2.10. The van der Waals surface area contributed by atoms with Gasteiger partial charge < -0.3 is 5.11 Å². The molecular weight excluding hydrogens is 460 g/mol. The van der Waals surface area contributed by atoms with Crippen LogP contribution in [0.5, 0.6) is 0 Å². The number of halogens is 1. The van der Waals surface area contributed by atoms with Crippen molar-refractivity contribution in [1.82, 2.24) is 24.7 Å². The molecule has 5 rings (SSSR count). The molecule has 166 valence electrons. The van der Waals surface area contributed by atoms with Crippen LogP contribution in [-0.4, -0.2) is 41.5 Å². The third-order valence-corrected chi connectivity index (χ3v) is 7.09. The molecule has 0 bridgehead atoms. The quantitative estimate of drug-likeness (QED) is 0.425. The molecule has 1 N–H and O–H groups in total. The second-order valence-corrected chi connectivity index (χ2v) is 9.39. The second kappa shape index (κ2) is 8.17. The predicted octanol–water partition coefficient (Wildman–Crippen LogP) is 4.73. The number of aliphatic imine (C=N–C) groups is 1. The molecule has 0 radical (unpaired) electrons. The zero-order chi connectivity index (χ0) is 23.3. The van der Waals surface area contributed by atoms with Gasteiger partial charge in [0.05, 0.1) is 17.8 Å². The number of aryl methyl sites for hydroxylation is 2. The van der Waals surface area contributed by atoms with E-state index < -0.39 is 12.0 Å². The van der Waals surface area contributed by atoms with Crippen LogP contribution in [0.3, 0.4) is 0 Å². The first-order valence-electron chi connectivity index (χ1n) is 10.2. The molecule has 4 aromatic rings. The Morgan fingerprint density at radius 3 is 2.55 bits per heavy atom. The third-order valence-electron chi connectivity index (χ3n) is 5.70. The number of fused-ring (bicyclic) bond motifs is 3. The van der Waals surface area contributed by atoms with Gasteiger partial charge in [-0.2, -0.15) is 0 Å². The van der Waals surface area contributed by atoms with Gasteiger partial charge in [-0.05, 0) is 26.3 Å². The SMILES string of the molecule is Cc1sc2c(c1C)C(c1ccc(-c3cc(Cl)ncn3)cc1)=N[C@@H](CC(=O)O)c1nnc(C)n1-2. The summed E-state index contributed by atoms with van der Waals surface area (Å²) in [4.78, 5) is 26.0. The molecular formula is C23H19ClN6O2S. The maximum atomic E-state index is 11.7. The average molecular weight is 479 g/mol. The Morgan fingerprint density at radius 1 is 1.12 bits per heavy atom. The molecule has 0 fully saturated rings. The highest BCUT2D eigenvalue weighted by molar-refractivity contribution is 7.15.